The lowest BCUT2D eigenvalue weighted by molar-refractivity contribution is -0.124. The molecule has 2 aliphatic rings. The van der Waals surface area contributed by atoms with Crippen molar-refractivity contribution in [3.63, 3.8) is 0 Å². The largest absolute Gasteiger partial charge is 0.352 e. The molecule has 2 unspecified atom stereocenters. The molecule has 0 aromatic heterocycles. The molecule has 1 saturated heterocycles. The average Bonchev–Trinajstić information content (AvgIpc) is 2.79. The molecule has 30 heavy (non-hydrogen) atoms. The lowest BCUT2D eigenvalue weighted by Crippen LogP contribution is -2.44. The van der Waals surface area contributed by atoms with Gasteiger partial charge >= 0.3 is 0 Å². The summed E-state index contributed by atoms with van der Waals surface area (Å²) in [6.07, 6.45) is 4.45. The molecule has 2 aromatic rings. The van der Waals surface area contributed by atoms with Crippen molar-refractivity contribution < 1.29 is 14.8 Å². The SMILES string of the molecule is O=C(NO)c1ccc2c(c1)CC(NC(=O)C(c1ccccc1)C1CCNCC1)CC2. The van der Waals surface area contributed by atoms with Crippen LogP contribution in [0, 0.1) is 5.92 Å². The Labute approximate surface area is 177 Å². The van der Waals surface area contributed by atoms with Crippen LogP contribution in [0.25, 0.3) is 0 Å². The maximum absolute atomic E-state index is 13.4. The van der Waals surface area contributed by atoms with Crippen LogP contribution < -0.4 is 16.1 Å². The van der Waals surface area contributed by atoms with E-state index in [0.717, 1.165) is 49.9 Å². The Morgan fingerprint density at radius 3 is 2.50 bits per heavy atom. The first kappa shape index (κ1) is 20.6. The maximum Gasteiger partial charge on any atom is 0.274 e. The number of rotatable bonds is 5. The summed E-state index contributed by atoms with van der Waals surface area (Å²) in [5.74, 6) is -0.213. The third-order valence-electron chi connectivity index (χ3n) is 6.44. The third kappa shape index (κ3) is 4.55. The van der Waals surface area contributed by atoms with E-state index in [9.17, 15) is 9.59 Å². The first-order valence-corrected chi connectivity index (χ1v) is 10.8. The van der Waals surface area contributed by atoms with Crippen molar-refractivity contribution in [3.8, 4) is 0 Å². The van der Waals surface area contributed by atoms with E-state index >= 15 is 0 Å². The Kier molecular flexibility index (Phi) is 6.45. The summed E-state index contributed by atoms with van der Waals surface area (Å²) in [4.78, 5) is 25.2. The molecule has 6 nitrogen and oxygen atoms in total. The predicted molar refractivity (Wildman–Crippen MR) is 114 cm³/mol. The molecule has 2 amide bonds. The molecule has 2 aromatic carbocycles. The van der Waals surface area contributed by atoms with Gasteiger partial charge in [0, 0.05) is 11.6 Å². The van der Waals surface area contributed by atoms with Crippen molar-refractivity contribution >= 4 is 11.8 Å². The van der Waals surface area contributed by atoms with Crippen LogP contribution in [0.2, 0.25) is 0 Å². The number of benzene rings is 2. The van der Waals surface area contributed by atoms with Gasteiger partial charge in [-0.2, -0.15) is 0 Å². The first-order chi connectivity index (χ1) is 14.7. The zero-order valence-corrected chi connectivity index (χ0v) is 17.1. The van der Waals surface area contributed by atoms with Gasteiger partial charge in [-0.3, -0.25) is 14.8 Å². The number of nitrogens with one attached hydrogen (secondary N) is 3. The maximum atomic E-state index is 13.4. The molecule has 2 atom stereocenters. The summed E-state index contributed by atoms with van der Waals surface area (Å²) in [6, 6.07) is 15.6. The molecular formula is C24H29N3O3. The second-order valence-electron chi connectivity index (χ2n) is 8.35. The summed E-state index contributed by atoms with van der Waals surface area (Å²) >= 11 is 0. The molecular weight excluding hydrogens is 378 g/mol. The zero-order valence-electron chi connectivity index (χ0n) is 17.1. The van der Waals surface area contributed by atoms with E-state index in [1.165, 1.54) is 5.56 Å². The molecule has 4 N–H and O–H groups in total. The Morgan fingerprint density at radius 2 is 1.77 bits per heavy atom. The van der Waals surface area contributed by atoms with Crippen LogP contribution in [0.15, 0.2) is 48.5 Å². The summed E-state index contributed by atoms with van der Waals surface area (Å²) in [5.41, 5.74) is 5.46. The molecule has 1 aliphatic heterocycles. The Morgan fingerprint density at radius 1 is 1.00 bits per heavy atom. The lowest BCUT2D eigenvalue weighted by atomic mass is 9.79. The van der Waals surface area contributed by atoms with E-state index in [1.807, 2.05) is 30.3 Å². The van der Waals surface area contributed by atoms with E-state index in [2.05, 4.69) is 22.8 Å². The van der Waals surface area contributed by atoms with Gasteiger partial charge in [0.1, 0.15) is 0 Å². The minimum Gasteiger partial charge on any atom is -0.352 e. The van der Waals surface area contributed by atoms with Crippen molar-refractivity contribution in [2.75, 3.05) is 13.1 Å². The summed E-state index contributed by atoms with van der Waals surface area (Å²) < 4.78 is 0. The van der Waals surface area contributed by atoms with Crippen LogP contribution in [0.5, 0.6) is 0 Å². The Bertz CT molecular complexity index is 894. The normalized spacial score (nSPS) is 20.1. The van der Waals surface area contributed by atoms with Gasteiger partial charge in [0.2, 0.25) is 5.91 Å². The minimum atomic E-state index is -0.515. The summed E-state index contributed by atoms with van der Waals surface area (Å²) in [5, 5.41) is 15.6. The molecule has 0 radical (unpaired) electrons. The van der Waals surface area contributed by atoms with Crippen LogP contribution in [0.3, 0.4) is 0 Å². The fourth-order valence-corrected chi connectivity index (χ4v) is 4.85. The van der Waals surface area contributed by atoms with Crippen molar-refractivity contribution in [2.24, 2.45) is 5.92 Å². The molecule has 158 valence electrons. The van der Waals surface area contributed by atoms with Crippen LogP contribution in [0.1, 0.15) is 52.2 Å². The number of hydroxylamine groups is 1. The molecule has 1 fully saturated rings. The molecule has 0 spiro atoms. The summed E-state index contributed by atoms with van der Waals surface area (Å²) in [6.45, 7) is 1.90. The van der Waals surface area contributed by atoms with Gasteiger partial charge < -0.3 is 10.6 Å². The number of hydrogen-bond donors (Lipinski definition) is 4. The third-order valence-corrected chi connectivity index (χ3v) is 6.44. The first-order valence-electron chi connectivity index (χ1n) is 10.8. The van der Waals surface area contributed by atoms with Crippen molar-refractivity contribution in [1.82, 2.24) is 16.1 Å². The van der Waals surface area contributed by atoms with Crippen LogP contribution >= 0.6 is 0 Å². The highest BCUT2D eigenvalue weighted by atomic mass is 16.5. The number of carbonyl (C=O) groups is 2. The van der Waals surface area contributed by atoms with Gasteiger partial charge in [0.15, 0.2) is 0 Å². The van der Waals surface area contributed by atoms with Crippen LogP contribution in [-0.2, 0) is 17.6 Å². The number of fused-ring (bicyclic) bond motifs is 1. The molecule has 1 heterocycles. The van der Waals surface area contributed by atoms with E-state index in [4.69, 9.17) is 5.21 Å². The minimum absolute atomic E-state index is 0.0466. The number of carbonyl (C=O) groups excluding carboxylic acids is 2. The van der Waals surface area contributed by atoms with E-state index in [-0.39, 0.29) is 17.9 Å². The number of aryl methyl sites for hydroxylation is 1. The van der Waals surface area contributed by atoms with Gasteiger partial charge in [0.25, 0.3) is 5.91 Å². The molecule has 6 heteroatoms. The quantitative estimate of drug-likeness (QED) is 0.453. The van der Waals surface area contributed by atoms with E-state index in [1.54, 1.807) is 11.5 Å². The van der Waals surface area contributed by atoms with E-state index < -0.39 is 5.91 Å². The smallest absolute Gasteiger partial charge is 0.274 e. The second kappa shape index (κ2) is 9.41. The highest BCUT2D eigenvalue weighted by molar-refractivity contribution is 5.93. The molecule has 4 rings (SSSR count). The van der Waals surface area contributed by atoms with Crippen LogP contribution in [0.4, 0.5) is 0 Å². The fraction of sp³-hybridized carbons (Fsp3) is 0.417. The Balaban J connectivity index is 1.50. The van der Waals surface area contributed by atoms with Crippen LogP contribution in [-0.4, -0.2) is 36.2 Å². The highest BCUT2D eigenvalue weighted by Gasteiger charge is 2.32. The standard InChI is InChI=1S/C24H29N3O3/c28-23(27-30)19-7-6-16-8-9-21(15-20(16)14-19)26-24(29)22(17-4-2-1-3-5-17)18-10-12-25-13-11-18/h1-7,14,18,21-22,25,30H,8-13,15H2,(H,26,29)(H,27,28). The van der Waals surface area contributed by atoms with E-state index in [0.29, 0.717) is 17.9 Å². The van der Waals surface area contributed by atoms with Crippen molar-refractivity contribution in [1.29, 1.82) is 0 Å². The fourth-order valence-electron chi connectivity index (χ4n) is 4.85. The molecule has 0 bridgehead atoms. The van der Waals surface area contributed by atoms with Gasteiger partial charge in [-0.05, 0) is 79.9 Å². The predicted octanol–water partition coefficient (Wildman–Crippen LogP) is 2.56. The average molecular weight is 408 g/mol. The van der Waals surface area contributed by atoms with Gasteiger partial charge in [-0.1, -0.05) is 36.4 Å². The monoisotopic (exact) mass is 407 g/mol. The van der Waals surface area contributed by atoms with Gasteiger partial charge in [-0.25, -0.2) is 5.48 Å². The zero-order chi connectivity index (χ0) is 20.9. The second-order valence-corrected chi connectivity index (χ2v) is 8.35. The van der Waals surface area contributed by atoms with Gasteiger partial charge in [-0.15, -0.1) is 0 Å². The van der Waals surface area contributed by atoms with Crippen molar-refractivity contribution in [3.05, 3.63) is 70.8 Å². The van der Waals surface area contributed by atoms with Crippen molar-refractivity contribution in [2.45, 2.75) is 44.1 Å². The number of piperidine rings is 1. The molecule has 1 aliphatic carbocycles. The molecule has 0 saturated carbocycles. The summed E-state index contributed by atoms with van der Waals surface area (Å²) in [7, 11) is 0. The lowest BCUT2D eigenvalue weighted by Gasteiger charge is -2.33. The highest BCUT2D eigenvalue weighted by Crippen LogP contribution is 2.32. The number of hydrogen-bond acceptors (Lipinski definition) is 4. The number of amides is 2. The topological polar surface area (TPSA) is 90.5 Å². The van der Waals surface area contributed by atoms with Gasteiger partial charge in [0.05, 0.1) is 5.92 Å². The Hall–Kier alpha value is -2.70.